The molecule has 0 aliphatic heterocycles. The van der Waals surface area contributed by atoms with E-state index in [-0.39, 0.29) is 0 Å². The molecular weight excluding hydrogens is 228 g/mol. The zero-order valence-electron chi connectivity index (χ0n) is 10.5. The molecule has 2 aromatic rings. The van der Waals surface area contributed by atoms with Crippen LogP contribution in [0.4, 0.5) is 0 Å². The number of furan rings is 1. The van der Waals surface area contributed by atoms with Crippen LogP contribution >= 0.6 is 0 Å². The first-order chi connectivity index (χ1) is 8.79. The second-order valence-corrected chi connectivity index (χ2v) is 3.85. The third kappa shape index (κ3) is 3.13. The summed E-state index contributed by atoms with van der Waals surface area (Å²) in [5.74, 6) is 2.47. The lowest BCUT2D eigenvalue weighted by Gasteiger charge is -2.06. The van der Waals surface area contributed by atoms with Crippen LogP contribution in [0.2, 0.25) is 0 Å². The van der Waals surface area contributed by atoms with E-state index in [4.69, 9.17) is 9.15 Å². The smallest absolute Gasteiger partial charge is 0.147 e. The summed E-state index contributed by atoms with van der Waals surface area (Å²) in [6.45, 7) is 2.51. The van der Waals surface area contributed by atoms with Crippen molar-refractivity contribution >= 4 is 6.21 Å². The van der Waals surface area contributed by atoms with E-state index in [0.717, 1.165) is 22.8 Å². The summed E-state index contributed by atoms with van der Waals surface area (Å²) in [7, 11) is 1.66. The average molecular weight is 244 g/mol. The maximum atomic E-state index is 5.37. The molecule has 0 fully saturated rings. The quantitative estimate of drug-likeness (QED) is 0.649. The molecule has 1 aromatic heterocycles. The van der Waals surface area contributed by atoms with Gasteiger partial charge in [-0.1, -0.05) is 18.2 Å². The highest BCUT2D eigenvalue weighted by Crippen LogP contribution is 2.16. The minimum atomic E-state index is 0.611. The van der Waals surface area contributed by atoms with Gasteiger partial charge in [0.2, 0.25) is 0 Å². The van der Waals surface area contributed by atoms with Crippen molar-refractivity contribution in [1.29, 1.82) is 0 Å². The zero-order valence-corrected chi connectivity index (χ0v) is 10.5. The fourth-order valence-electron chi connectivity index (χ4n) is 1.61. The molecule has 0 saturated heterocycles. The highest BCUT2D eigenvalue weighted by molar-refractivity contribution is 5.75. The van der Waals surface area contributed by atoms with Crippen molar-refractivity contribution < 1.29 is 9.15 Å². The normalized spacial score (nSPS) is 10.8. The third-order valence-electron chi connectivity index (χ3n) is 2.51. The van der Waals surface area contributed by atoms with Crippen molar-refractivity contribution in [3.63, 3.8) is 0 Å². The monoisotopic (exact) mass is 244 g/mol. The van der Waals surface area contributed by atoms with Crippen molar-refractivity contribution in [3.05, 3.63) is 53.5 Å². The molecule has 0 aliphatic rings. The Labute approximate surface area is 106 Å². The lowest BCUT2D eigenvalue weighted by Crippen LogP contribution is -2.06. The lowest BCUT2D eigenvalue weighted by molar-refractivity contribution is 0.408. The Morgan fingerprint density at radius 2 is 2.11 bits per heavy atom. The summed E-state index contributed by atoms with van der Waals surface area (Å²) in [5, 5.41) is 4.10. The van der Waals surface area contributed by atoms with Crippen LogP contribution in [0.1, 0.15) is 17.1 Å². The molecule has 2 rings (SSSR count). The van der Waals surface area contributed by atoms with Crippen LogP contribution in [0.3, 0.4) is 0 Å². The molecule has 0 spiro atoms. The topological polar surface area (TPSA) is 46.8 Å². The number of benzene rings is 1. The number of nitrogens with one attached hydrogen (secondary N) is 1. The molecule has 4 heteroatoms. The Morgan fingerprint density at radius 1 is 1.28 bits per heavy atom. The Kier molecular flexibility index (Phi) is 4.02. The van der Waals surface area contributed by atoms with E-state index in [1.165, 1.54) is 0 Å². The SMILES string of the molecule is COc1ccccc1CN/N=C/c1ccc(C)o1. The number of para-hydroxylation sites is 1. The Bertz CT molecular complexity index is 532. The van der Waals surface area contributed by atoms with Gasteiger partial charge < -0.3 is 14.6 Å². The molecule has 4 nitrogen and oxygen atoms in total. The van der Waals surface area contributed by atoms with Crippen LogP contribution in [0, 0.1) is 6.92 Å². The number of rotatable bonds is 5. The molecule has 18 heavy (non-hydrogen) atoms. The highest BCUT2D eigenvalue weighted by atomic mass is 16.5. The highest BCUT2D eigenvalue weighted by Gasteiger charge is 1.99. The number of aryl methyl sites for hydroxylation is 1. The Balaban J connectivity index is 1.90. The van der Waals surface area contributed by atoms with Gasteiger partial charge in [-0.2, -0.15) is 5.10 Å². The van der Waals surface area contributed by atoms with E-state index >= 15 is 0 Å². The predicted octanol–water partition coefficient (Wildman–Crippen LogP) is 2.72. The summed E-state index contributed by atoms with van der Waals surface area (Å²) >= 11 is 0. The third-order valence-corrected chi connectivity index (χ3v) is 2.51. The largest absolute Gasteiger partial charge is 0.496 e. The number of hydrazone groups is 1. The summed E-state index contributed by atoms with van der Waals surface area (Å²) in [4.78, 5) is 0. The minimum absolute atomic E-state index is 0.611. The lowest BCUT2D eigenvalue weighted by atomic mass is 10.2. The van der Waals surface area contributed by atoms with Crippen molar-refractivity contribution in [1.82, 2.24) is 5.43 Å². The standard InChI is InChI=1S/C14H16N2O2/c1-11-7-8-13(18-11)10-16-15-9-12-5-3-4-6-14(12)17-2/h3-8,10,15H,9H2,1-2H3/b16-10+. The van der Waals surface area contributed by atoms with E-state index in [9.17, 15) is 0 Å². The second-order valence-electron chi connectivity index (χ2n) is 3.85. The van der Waals surface area contributed by atoms with Gasteiger partial charge in [0.1, 0.15) is 17.3 Å². The number of ether oxygens (including phenoxy) is 1. The van der Waals surface area contributed by atoms with Gasteiger partial charge in [-0.15, -0.1) is 0 Å². The van der Waals surface area contributed by atoms with Gasteiger partial charge in [0.05, 0.1) is 19.9 Å². The molecule has 0 radical (unpaired) electrons. The summed E-state index contributed by atoms with van der Waals surface area (Å²) < 4.78 is 10.6. The molecule has 0 bridgehead atoms. The van der Waals surface area contributed by atoms with Crippen LogP contribution in [0.15, 0.2) is 45.9 Å². The van der Waals surface area contributed by atoms with Crippen molar-refractivity contribution in [2.24, 2.45) is 5.10 Å². The summed E-state index contributed by atoms with van der Waals surface area (Å²) in [5.41, 5.74) is 4.03. The fourth-order valence-corrected chi connectivity index (χ4v) is 1.61. The van der Waals surface area contributed by atoms with Crippen molar-refractivity contribution in [2.75, 3.05) is 7.11 Å². The van der Waals surface area contributed by atoms with Gasteiger partial charge in [0, 0.05) is 5.56 Å². The van der Waals surface area contributed by atoms with E-state index in [2.05, 4.69) is 10.5 Å². The van der Waals surface area contributed by atoms with Gasteiger partial charge in [-0.05, 0) is 25.1 Å². The van der Waals surface area contributed by atoms with E-state index in [1.54, 1.807) is 13.3 Å². The molecule has 0 aliphatic carbocycles. The van der Waals surface area contributed by atoms with Gasteiger partial charge in [0.25, 0.3) is 0 Å². The molecule has 1 heterocycles. The van der Waals surface area contributed by atoms with Crippen LogP contribution in [0.5, 0.6) is 5.75 Å². The maximum Gasteiger partial charge on any atom is 0.147 e. The Hall–Kier alpha value is -2.23. The molecule has 0 atom stereocenters. The maximum absolute atomic E-state index is 5.37. The summed E-state index contributed by atoms with van der Waals surface area (Å²) in [6, 6.07) is 11.6. The van der Waals surface area contributed by atoms with Gasteiger partial charge >= 0.3 is 0 Å². The average Bonchev–Trinajstić information content (AvgIpc) is 2.81. The molecule has 0 amide bonds. The van der Waals surface area contributed by atoms with Crippen LogP contribution in [-0.4, -0.2) is 13.3 Å². The predicted molar refractivity (Wildman–Crippen MR) is 70.9 cm³/mol. The Morgan fingerprint density at radius 3 is 2.83 bits per heavy atom. The summed E-state index contributed by atoms with van der Waals surface area (Å²) in [6.07, 6.45) is 1.66. The molecule has 0 unspecified atom stereocenters. The number of methoxy groups -OCH3 is 1. The van der Waals surface area contributed by atoms with Gasteiger partial charge in [-0.25, -0.2) is 0 Å². The number of hydrogen-bond acceptors (Lipinski definition) is 4. The molecule has 1 N–H and O–H groups in total. The first kappa shape index (κ1) is 12.2. The van der Waals surface area contributed by atoms with E-state index in [0.29, 0.717) is 6.54 Å². The van der Waals surface area contributed by atoms with Crippen LogP contribution in [0.25, 0.3) is 0 Å². The number of hydrogen-bond donors (Lipinski definition) is 1. The first-order valence-corrected chi connectivity index (χ1v) is 5.74. The molecule has 1 aromatic carbocycles. The van der Waals surface area contributed by atoms with Crippen molar-refractivity contribution in [3.8, 4) is 5.75 Å². The molecular formula is C14H16N2O2. The van der Waals surface area contributed by atoms with Crippen LogP contribution in [-0.2, 0) is 6.54 Å². The first-order valence-electron chi connectivity index (χ1n) is 5.74. The van der Waals surface area contributed by atoms with Gasteiger partial charge in [0.15, 0.2) is 0 Å². The molecule has 94 valence electrons. The molecule has 0 saturated carbocycles. The van der Waals surface area contributed by atoms with E-state index in [1.807, 2.05) is 43.3 Å². The fraction of sp³-hybridized carbons (Fsp3) is 0.214. The van der Waals surface area contributed by atoms with Gasteiger partial charge in [-0.3, -0.25) is 0 Å². The van der Waals surface area contributed by atoms with Crippen LogP contribution < -0.4 is 10.2 Å². The second kappa shape index (κ2) is 5.91. The number of nitrogens with zero attached hydrogens (tertiary/aromatic N) is 1. The zero-order chi connectivity index (χ0) is 12.8. The van der Waals surface area contributed by atoms with E-state index < -0.39 is 0 Å². The minimum Gasteiger partial charge on any atom is -0.496 e. The van der Waals surface area contributed by atoms with Crippen molar-refractivity contribution in [2.45, 2.75) is 13.5 Å².